The average molecular weight is 281 g/mol. The van der Waals surface area contributed by atoms with Crippen LogP contribution in [0.4, 0.5) is 0 Å². The van der Waals surface area contributed by atoms with Crippen LogP contribution in [0.2, 0.25) is 0 Å². The van der Waals surface area contributed by atoms with E-state index < -0.39 is 5.60 Å². The van der Waals surface area contributed by atoms with E-state index in [0.717, 1.165) is 24.9 Å². The molecule has 3 atom stereocenters. The number of rotatable bonds is 3. The molecule has 1 aliphatic heterocycles. The minimum absolute atomic E-state index is 0.131. The van der Waals surface area contributed by atoms with Crippen molar-refractivity contribution < 1.29 is 5.11 Å². The maximum Gasteiger partial charge on any atom is 0.0926 e. The van der Waals surface area contributed by atoms with Gasteiger partial charge in [0.15, 0.2) is 0 Å². The Kier molecular flexibility index (Phi) is 4.04. The van der Waals surface area contributed by atoms with Crippen molar-refractivity contribution in [3.8, 4) is 0 Å². The van der Waals surface area contributed by atoms with E-state index in [9.17, 15) is 5.11 Å². The second-order valence-corrected chi connectivity index (χ2v) is 5.80. The minimum atomic E-state index is -1.04. The molecule has 0 saturated carbocycles. The molecule has 0 amide bonds. The van der Waals surface area contributed by atoms with Gasteiger partial charge in [0, 0.05) is 18.4 Å². The van der Waals surface area contributed by atoms with Crippen LogP contribution in [0.3, 0.4) is 0 Å². The van der Waals surface area contributed by atoms with Crippen molar-refractivity contribution in [2.75, 3.05) is 6.54 Å². The fraction of sp³-hybridized carbons (Fsp3) is 0.333. The molecule has 1 radical (unpaired) electrons. The van der Waals surface area contributed by atoms with Crippen LogP contribution in [-0.2, 0) is 5.60 Å². The summed E-state index contributed by atoms with van der Waals surface area (Å²) in [5.41, 5.74) is 1.02. The van der Waals surface area contributed by atoms with Crippen molar-refractivity contribution in [1.82, 2.24) is 10.3 Å². The smallest absolute Gasteiger partial charge is 0.0926 e. The Balaban J connectivity index is 1.80. The first-order valence-corrected chi connectivity index (χ1v) is 7.44. The zero-order valence-electron chi connectivity index (χ0n) is 12.1. The maximum absolute atomic E-state index is 10.9. The van der Waals surface area contributed by atoms with Crippen molar-refractivity contribution in [3.63, 3.8) is 0 Å². The van der Waals surface area contributed by atoms with Gasteiger partial charge in [-0.3, -0.25) is 4.98 Å². The van der Waals surface area contributed by atoms with E-state index in [1.165, 1.54) is 5.56 Å². The first-order valence-electron chi connectivity index (χ1n) is 7.44. The third-order valence-corrected chi connectivity index (χ3v) is 4.44. The number of piperidine rings is 1. The normalized spacial score (nSPS) is 25.2. The Morgan fingerprint density at radius 1 is 1.19 bits per heavy atom. The predicted octanol–water partition coefficient (Wildman–Crippen LogP) is 2.84. The van der Waals surface area contributed by atoms with Crippen LogP contribution >= 0.6 is 0 Å². The third kappa shape index (κ3) is 2.99. The maximum atomic E-state index is 10.9. The standard InChI is InChI=1S/C18H21N2O/c1-18(21,15-7-3-2-4-8-15)16-9-11-20-17(12-16)14-6-5-10-19-13-14/h2-8,10,13,16-17,20-21H,1,9,11-12H2. The molecule has 0 aliphatic carbocycles. The molecule has 0 bridgehead atoms. The first-order chi connectivity index (χ1) is 10.2. The third-order valence-electron chi connectivity index (χ3n) is 4.44. The van der Waals surface area contributed by atoms with Gasteiger partial charge in [0.05, 0.1) is 5.60 Å². The molecule has 2 aromatic rings. The van der Waals surface area contributed by atoms with E-state index in [-0.39, 0.29) is 12.0 Å². The Labute approximate surface area is 126 Å². The van der Waals surface area contributed by atoms with Crippen molar-refractivity contribution in [1.29, 1.82) is 0 Å². The van der Waals surface area contributed by atoms with E-state index in [0.29, 0.717) is 0 Å². The Morgan fingerprint density at radius 3 is 2.71 bits per heavy atom. The van der Waals surface area contributed by atoms with Crippen LogP contribution in [0.25, 0.3) is 0 Å². The summed E-state index contributed by atoms with van der Waals surface area (Å²) < 4.78 is 0. The van der Waals surface area contributed by atoms with Crippen molar-refractivity contribution in [2.24, 2.45) is 5.92 Å². The molecule has 3 nitrogen and oxygen atoms in total. The lowest BCUT2D eigenvalue weighted by Crippen LogP contribution is -2.41. The molecule has 109 valence electrons. The summed E-state index contributed by atoms with van der Waals surface area (Å²) in [6, 6.07) is 14.0. The molecule has 3 heteroatoms. The van der Waals surface area contributed by atoms with Gasteiger partial charge in [-0.2, -0.15) is 0 Å². The molecule has 2 N–H and O–H groups in total. The molecule has 3 rings (SSSR count). The molecule has 1 saturated heterocycles. The zero-order chi connectivity index (χ0) is 14.7. The Bertz CT molecular complexity index is 568. The van der Waals surface area contributed by atoms with Crippen LogP contribution < -0.4 is 5.32 Å². The molecule has 2 heterocycles. The second kappa shape index (κ2) is 5.96. The van der Waals surface area contributed by atoms with E-state index in [1.54, 1.807) is 6.20 Å². The number of hydrogen-bond acceptors (Lipinski definition) is 3. The molecule has 3 unspecified atom stereocenters. The monoisotopic (exact) mass is 281 g/mol. The highest BCUT2D eigenvalue weighted by atomic mass is 16.3. The Hall–Kier alpha value is -1.71. The van der Waals surface area contributed by atoms with E-state index >= 15 is 0 Å². The average Bonchev–Trinajstić information content (AvgIpc) is 2.57. The summed E-state index contributed by atoms with van der Waals surface area (Å²) in [7, 11) is 0. The van der Waals surface area contributed by atoms with Gasteiger partial charge in [-0.25, -0.2) is 0 Å². The largest absolute Gasteiger partial charge is 0.385 e. The lowest BCUT2D eigenvalue weighted by molar-refractivity contribution is -0.000817. The fourth-order valence-corrected chi connectivity index (χ4v) is 3.15. The number of nitrogens with zero attached hydrogens (tertiary/aromatic N) is 1. The molecule has 1 aliphatic rings. The fourth-order valence-electron chi connectivity index (χ4n) is 3.15. The number of nitrogens with one attached hydrogen (secondary N) is 1. The van der Waals surface area contributed by atoms with Gasteiger partial charge in [0.25, 0.3) is 0 Å². The van der Waals surface area contributed by atoms with Gasteiger partial charge in [-0.05, 0) is 49.4 Å². The molecule has 0 spiro atoms. The quantitative estimate of drug-likeness (QED) is 0.909. The van der Waals surface area contributed by atoms with Crippen molar-refractivity contribution in [3.05, 3.63) is 72.9 Å². The number of pyridine rings is 1. The number of aromatic nitrogens is 1. The molecule has 21 heavy (non-hydrogen) atoms. The predicted molar refractivity (Wildman–Crippen MR) is 83.4 cm³/mol. The summed E-state index contributed by atoms with van der Waals surface area (Å²) >= 11 is 0. The van der Waals surface area contributed by atoms with Gasteiger partial charge in [0.2, 0.25) is 0 Å². The van der Waals surface area contributed by atoms with E-state index in [4.69, 9.17) is 0 Å². The SMILES string of the molecule is [CH2]C(O)(c1ccccc1)C1CCNC(c2cccnc2)C1. The highest BCUT2D eigenvalue weighted by Crippen LogP contribution is 2.39. The summed E-state index contributed by atoms with van der Waals surface area (Å²) in [4.78, 5) is 4.19. The summed E-state index contributed by atoms with van der Waals surface area (Å²) in [5, 5.41) is 14.4. The van der Waals surface area contributed by atoms with E-state index in [2.05, 4.69) is 23.3 Å². The van der Waals surface area contributed by atoms with Crippen molar-refractivity contribution >= 4 is 0 Å². The topological polar surface area (TPSA) is 45.1 Å². The van der Waals surface area contributed by atoms with Gasteiger partial charge < -0.3 is 10.4 Å². The van der Waals surface area contributed by atoms with Crippen LogP contribution in [0.1, 0.15) is 30.0 Å². The lowest BCUT2D eigenvalue weighted by atomic mass is 9.75. The van der Waals surface area contributed by atoms with Gasteiger partial charge >= 0.3 is 0 Å². The molecule has 1 aromatic carbocycles. The highest BCUT2D eigenvalue weighted by molar-refractivity contribution is 5.25. The van der Waals surface area contributed by atoms with Crippen LogP contribution in [0.15, 0.2) is 54.9 Å². The lowest BCUT2D eigenvalue weighted by Gasteiger charge is -2.39. The summed E-state index contributed by atoms with van der Waals surface area (Å²) in [5.74, 6) is 0.131. The van der Waals surface area contributed by atoms with Crippen LogP contribution in [0, 0.1) is 12.8 Å². The number of hydrogen-bond donors (Lipinski definition) is 2. The number of benzene rings is 1. The summed E-state index contributed by atoms with van der Waals surface area (Å²) in [6.45, 7) is 4.99. The minimum Gasteiger partial charge on any atom is -0.385 e. The molecule has 1 fully saturated rings. The first kappa shape index (κ1) is 14.2. The van der Waals surface area contributed by atoms with E-state index in [1.807, 2.05) is 42.6 Å². The van der Waals surface area contributed by atoms with Gasteiger partial charge in [-0.15, -0.1) is 0 Å². The highest BCUT2D eigenvalue weighted by Gasteiger charge is 2.37. The van der Waals surface area contributed by atoms with Crippen molar-refractivity contribution in [2.45, 2.75) is 24.5 Å². The van der Waals surface area contributed by atoms with Crippen LogP contribution in [0.5, 0.6) is 0 Å². The molecular formula is C18H21N2O. The molecule has 1 aromatic heterocycles. The zero-order valence-corrected chi connectivity index (χ0v) is 12.1. The van der Waals surface area contributed by atoms with Crippen LogP contribution in [-0.4, -0.2) is 16.6 Å². The van der Waals surface area contributed by atoms with Gasteiger partial charge in [0.1, 0.15) is 0 Å². The second-order valence-electron chi connectivity index (χ2n) is 5.80. The van der Waals surface area contributed by atoms with Gasteiger partial charge in [-0.1, -0.05) is 36.4 Å². The number of aliphatic hydroxyl groups is 1. The summed E-state index contributed by atoms with van der Waals surface area (Å²) in [6.07, 6.45) is 5.46. The molecular weight excluding hydrogens is 260 g/mol. The Morgan fingerprint density at radius 2 is 2.00 bits per heavy atom.